The maximum atomic E-state index is 9.69. The zero-order valence-corrected chi connectivity index (χ0v) is 18.9. The van der Waals surface area contributed by atoms with Gasteiger partial charge in [0.15, 0.2) is 0 Å². The highest BCUT2D eigenvalue weighted by Crippen LogP contribution is 2.28. The van der Waals surface area contributed by atoms with Crippen LogP contribution in [0.3, 0.4) is 0 Å². The molecule has 2 aromatic carbocycles. The zero-order valence-electron chi connectivity index (χ0n) is 18.9. The number of nitrogens with one attached hydrogen (secondary N) is 1. The summed E-state index contributed by atoms with van der Waals surface area (Å²) in [5.74, 6) is 1.10. The fraction of sp³-hybridized carbons (Fsp3) is 0.346. The summed E-state index contributed by atoms with van der Waals surface area (Å²) in [6.07, 6.45) is 3.46. The molecule has 3 aromatic rings. The Morgan fingerprint density at radius 2 is 1.82 bits per heavy atom. The van der Waals surface area contributed by atoms with Crippen molar-refractivity contribution in [3.63, 3.8) is 0 Å². The van der Waals surface area contributed by atoms with Gasteiger partial charge in [0.25, 0.3) is 0 Å². The molecular formula is C26H27N5O3. The van der Waals surface area contributed by atoms with Gasteiger partial charge in [-0.3, -0.25) is 0 Å². The van der Waals surface area contributed by atoms with Gasteiger partial charge in [-0.2, -0.15) is 5.26 Å². The van der Waals surface area contributed by atoms with Gasteiger partial charge in [0.1, 0.15) is 17.9 Å². The van der Waals surface area contributed by atoms with Crippen LogP contribution in [0.15, 0.2) is 54.7 Å². The number of aromatic nitrogens is 2. The average molecular weight is 458 g/mol. The molecule has 1 aromatic heterocycles. The SMILES string of the molecule is N#Cc1cc(-c2ccnc(Nc3cccc(N4CCOCC4)c3)n2)ccc1OC1CCOCC1. The van der Waals surface area contributed by atoms with E-state index in [1.54, 1.807) is 6.20 Å². The first kappa shape index (κ1) is 22.1. The molecule has 2 fully saturated rings. The molecule has 34 heavy (non-hydrogen) atoms. The van der Waals surface area contributed by atoms with Crippen molar-refractivity contribution >= 4 is 17.3 Å². The smallest absolute Gasteiger partial charge is 0.227 e. The second-order valence-corrected chi connectivity index (χ2v) is 8.29. The van der Waals surface area contributed by atoms with Crippen molar-refractivity contribution in [2.75, 3.05) is 49.7 Å². The lowest BCUT2D eigenvalue weighted by Gasteiger charge is -2.29. The Labute approximate surface area is 199 Å². The number of rotatable bonds is 6. The van der Waals surface area contributed by atoms with E-state index in [4.69, 9.17) is 14.2 Å². The van der Waals surface area contributed by atoms with Gasteiger partial charge in [-0.1, -0.05) is 6.07 Å². The van der Waals surface area contributed by atoms with Crippen molar-refractivity contribution in [2.24, 2.45) is 0 Å². The number of benzene rings is 2. The summed E-state index contributed by atoms with van der Waals surface area (Å²) < 4.78 is 16.9. The first-order valence-corrected chi connectivity index (χ1v) is 11.6. The molecule has 3 heterocycles. The molecular weight excluding hydrogens is 430 g/mol. The van der Waals surface area contributed by atoms with Gasteiger partial charge in [0.2, 0.25) is 5.95 Å². The van der Waals surface area contributed by atoms with E-state index in [0.29, 0.717) is 30.5 Å². The van der Waals surface area contributed by atoms with Crippen LogP contribution in [0.2, 0.25) is 0 Å². The summed E-state index contributed by atoms with van der Waals surface area (Å²) in [5.41, 5.74) is 4.12. The second-order valence-electron chi connectivity index (χ2n) is 8.29. The van der Waals surface area contributed by atoms with Crippen LogP contribution in [-0.4, -0.2) is 55.6 Å². The summed E-state index contributed by atoms with van der Waals surface area (Å²) in [5, 5.41) is 13.0. The van der Waals surface area contributed by atoms with Crippen LogP contribution in [0.4, 0.5) is 17.3 Å². The molecule has 0 bridgehead atoms. The molecule has 0 atom stereocenters. The number of nitrogens with zero attached hydrogens (tertiary/aromatic N) is 4. The Kier molecular flexibility index (Phi) is 6.84. The number of nitriles is 1. The van der Waals surface area contributed by atoms with Gasteiger partial charge in [0, 0.05) is 49.1 Å². The van der Waals surface area contributed by atoms with Gasteiger partial charge in [-0.05, 0) is 42.5 Å². The maximum absolute atomic E-state index is 9.69. The summed E-state index contributed by atoms with van der Waals surface area (Å²) in [6.45, 7) is 4.63. The van der Waals surface area contributed by atoms with Gasteiger partial charge in [-0.25, -0.2) is 9.97 Å². The molecule has 0 unspecified atom stereocenters. The Morgan fingerprint density at radius 3 is 2.65 bits per heavy atom. The Morgan fingerprint density at radius 1 is 1.00 bits per heavy atom. The molecule has 0 radical (unpaired) electrons. The Balaban J connectivity index is 1.32. The topological polar surface area (TPSA) is 92.5 Å². The van der Waals surface area contributed by atoms with E-state index >= 15 is 0 Å². The van der Waals surface area contributed by atoms with Gasteiger partial charge < -0.3 is 24.4 Å². The largest absolute Gasteiger partial charge is 0.489 e. The Bertz CT molecular complexity index is 1170. The fourth-order valence-corrected chi connectivity index (χ4v) is 4.16. The lowest BCUT2D eigenvalue weighted by molar-refractivity contribution is 0.0254. The van der Waals surface area contributed by atoms with Crippen LogP contribution >= 0.6 is 0 Å². The van der Waals surface area contributed by atoms with E-state index in [9.17, 15) is 5.26 Å². The lowest BCUT2D eigenvalue weighted by Crippen LogP contribution is -2.36. The molecule has 0 aliphatic carbocycles. The van der Waals surface area contributed by atoms with Crippen LogP contribution in [0.5, 0.6) is 5.75 Å². The van der Waals surface area contributed by atoms with Gasteiger partial charge in [0.05, 0.1) is 37.7 Å². The highest BCUT2D eigenvalue weighted by atomic mass is 16.5. The van der Waals surface area contributed by atoms with E-state index < -0.39 is 0 Å². The fourth-order valence-electron chi connectivity index (χ4n) is 4.16. The monoisotopic (exact) mass is 457 g/mol. The number of hydrogen-bond donors (Lipinski definition) is 1. The van der Waals surface area contributed by atoms with Crippen molar-refractivity contribution in [2.45, 2.75) is 18.9 Å². The van der Waals surface area contributed by atoms with Crippen molar-refractivity contribution in [3.8, 4) is 23.1 Å². The minimum atomic E-state index is 0.0785. The first-order valence-electron chi connectivity index (χ1n) is 11.6. The van der Waals surface area contributed by atoms with Crippen LogP contribution in [0.25, 0.3) is 11.3 Å². The molecule has 5 rings (SSSR count). The predicted octanol–water partition coefficient (Wildman–Crippen LogP) is 4.15. The van der Waals surface area contributed by atoms with Crippen molar-refractivity contribution in [3.05, 3.63) is 60.3 Å². The first-order chi connectivity index (χ1) is 16.8. The van der Waals surface area contributed by atoms with E-state index in [-0.39, 0.29) is 6.10 Å². The Hall–Kier alpha value is -3.67. The molecule has 0 saturated carbocycles. The van der Waals surface area contributed by atoms with Crippen molar-refractivity contribution in [1.29, 1.82) is 5.26 Å². The molecule has 174 valence electrons. The average Bonchev–Trinajstić information content (AvgIpc) is 2.90. The maximum Gasteiger partial charge on any atom is 0.227 e. The van der Waals surface area contributed by atoms with E-state index in [0.717, 1.165) is 61.8 Å². The highest BCUT2D eigenvalue weighted by molar-refractivity contribution is 5.67. The zero-order chi connectivity index (χ0) is 23.2. The molecule has 2 aliphatic heterocycles. The molecule has 2 saturated heterocycles. The molecule has 2 aliphatic rings. The summed E-state index contributed by atoms with van der Waals surface area (Å²) in [7, 11) is 0. The van der Waals surface area contributed by atoms with Crippen LogP contribution < -0.4 is 15.0 Å². The number of anilines is 3. The standard InChI is InChI=1S/C26H27N5O3/c27-18-20-16-19(4-5-25(20)34-23-7-12-32-13-8-23)24-6-9-28-26(30-24)29-21-2-1-3-22(17-21)31-10-14-33-15-11-31/h1-6,9,16-17,23H,7-8,10-15H2,(H,28,29,30). The van der Waals surface area contributed by atoms with Crippen molar-refractivity contribution in [1.82, 2.24) is 9.97 Å². The summed E-state index contributed by atoms with van der Waals surface area (Å²) in [6, 6.07) is 17.9. The van der Waals surface area contributed by atoms with E-state index in [1.807, 2.05) is 36.4 Å². The number of hydrogen-bond acceptors (Lipinski definition) is 8. The molecule has 0 amide bonds. The molecule has 0 spiro atoms. The molecule has 8 nitrogen and oxygen atoms in total. The molecule has 8 heteroatoms. The number of morpholine rings is 1. The molecule has 1 N–H and O–H groups in total. The quantitative estimate of drug-likeness (QED) is 0.590. The third-order valence-electron chi connectivity index (χ3n) is 5.99. The van der Waals surface area contributed by atoms with Gasteiger partial charge >= 0.3 is 0 Å². The number of ether oxygens (including phenoxy) is 3. The van der Waals surface area contributed by atoms with Crippen molar-refractivity contribution < 1.29 is 14.2 Å². The normalized spacial score (nSPS) is 16.6. The minimum Gasteiger partial charge on any atom is -0.489 e. The third-order valence-corrected chi connectivity index (χ3v) is 5.99. The highest BCUT2D eigenvalue weighted by Gasteiger charge is 2.18. The van der Waals surface area contributed by atoms with E-state index in [2.05, 4.69) is 38.4 Å². The van der Waals surface area contributed by atoms with Crippen LogP contribution in [0.1, 0.15) is 18.4 Å². The minimum absolute atomic E-state index is 0.0785. The third kappa shape index (κ3) is 5.28. The van der Waals surface area contributed by atoms with Crippen LogP contribution in [-0.2, 0) is 9.47 Å². The second kappa shape index (κ2) is 10.5. The van der Waals surface area contributed by atoms with Crippen LogP contribution in [0, 0.1) is 11.3 Å². The summed E-state index contributed by atoms with van der Waals surface area (Å²) in [4.78, 5) is 11.4. The summed E-state index contributed by atoms with van der Waals surface area (Å²) >= 11 is 0. The van der Waals surface area contributed by atoms with Gasteiger partial charge in [-0.15, -0.1) is 0 Å². The predicted molar refractivity (Wildman–Crippen MR) is 129 cm³/mol. The van der Waals surface area contributed by atoms with E-state index in [1.165, 1.54) is 0 Å². The lowest BCUT2D eigenvalue weighted by atomic mass is 10.1.